The maximum atomic E-state index is 5.28. The monoisotopic (exact) mass is 221 g/mol. The number of anilines is 1. The van der Waals surface area contributed by atoms with Crippen molar-refractivity contribution in [3.63, 3.8) is 0 Å². The summed E-state index contributed by atoms with van der Waals surface area (Å²) in [5.74, 6) is 1.91. The summed E-state index contributed by atoms with van der Waals surface area (Å²) in [6.07, 6.45) is 0. The second-order valence-electron chi connectivity index (χ2n) is 3.87. The molecule has 0 unspecified atom stereocenters. The normalized spacial score (nSPS) is 10.1. The van der Waals surface area contributed by atoms with Gasteiger partial charge in [0.15, 0.2) is 0 Å². The van der Waals surface area contributed by atoms with Gasteiger partial charge in [-0.3, -0.25) is 0 Å². The molecule has 1 rings (SSSR count). The minimum absolute atomic E-state index is 0.381. The molecule has 0 radical (unpaired) electrons. The van der Waals surface area contributed by atoms with Crippen molar-refractivity contribution in [2.45, 2.75) is 13.8 Å². The Bertz CT molecular complexity index is 372. The molecular weight excluding hydrogens is 202 g/mol. The molecule has 0 aliphatic rings. The molecule has 16 heavy (non-hydrogen) atoms. The Kier molecular flexibility index (Phi) is 4.23. The fourth-order valence-electron chi connectivity index (χ4n) is 1.22. The number of ether oxygens (including phenoxy) is 2. The molecule has 0 aromatic heterocycles. The lowest BCUT2D eigenvalue weighted by Gasteiger charge is -2.16. The van der Waals surface area contributed by atoms with E-state index in [0.717, 1.165) is 22.9 Å². The third kappa shape index (κ3) is 2.92. The molecule has 3 heteroatoms. The van der Waals surface area contributed by atoms with E-state index in [2.05, 4.69) is 25.7 Å². The van der Waals surface area contributed by atoms with Crippen LogP contribution in [-0.2, 0) is 0 Å². The van der Waals surface area contributed by atoms with E-state index in [1.54, 1.807) is 14.2 Å². The Morgan fingerprint density at radius 2 is 1.94 bits per heavy atom. The van der Waals surface area contributed by atoms with Gasteiger partial charge >= 0.3 is 0 Å². The minimum atomic E-state index is 0.381. The number of hydrogen-bond acceptors (Lipinski definition) is 3. The first-order chi connectivity index (χ1) is 7.58. The smallest absolute Gasteiger partial charge is 0.145 e. The van der Waals surface area contributed by atoms with Crippen molar-refractivity contribution in [3.05, 3.63) is 30.5 Å². The lowest BCUT2D eigenvalue weighted by molar-refractivity contribution is 0.395. The van der Waals surface area contributed by atoms with Crippen molar-refractivity contribution in [2.75, 3.05) is 19.5 Å². The van der Waals surface area contributed by atoms with Gasteiger partial charge in [0.2, 0.25) is 0 Å². The summed E-state index contributed by atoms with van der Waals surface area (Å²) in [5.41, 5.74) is 1.87. The second-order valence-corrected chi connectivity index (χ2v) is 3.87. The summed E-state index contributed by atoms with van der Waals surface area (Å²) in [6, 6.07) is 5.65. The Morgan fingerprint density at radius 3 is 2.44 bits per heavy atom. The van der Waals surface area contributed by atoms with Crippen molar-refractivity contribution < 1.29 is 9.47 Å². The van der Waals surface area contributed by atoms with Crippen LogP contribution in [0.5, 0.6) is 11.5 Å². The molecule has 1 aromatic rings. The van der Waals surface area contributed by atoms with Gasteiger partial charge in [-0.05, 0) is 18.1 Å². The maximum Gasteiger partial charge on any atom is 0.145 e. The maximum absolute atomic E-state index is 5.28. The average Bonchev–Trinajstić information content (AvgIpc) is 2.29. The summed E-state index contributed by atoms with van der Waals surface area (Å²) < 4.78 is 10.4. The number of nitrogens with one attached hydrogen (secondary N) is 1. The third-order valence-electron chi connectivity index (χ3n) is 2.40. The van der Waals surface area contributed by atoms with E-state index in [9.17, 15) is 0 Å². The lowest BCUT2D eigenvalue weighted by Crippen LogP contribution is -2.05. The van der Waals surface area contributed by atoms with Crippen molar-refractivity contribution in [2.24, 2.45) is 5.92 Å². The summed E-state index contributed by atoms with van der Waals surface area (Å²) in [7, 11) is 3.27. The van der Waals surface area contributed by atoms with Crippen LogP contribution in [0.1, 0.15) is 13.8 Å². The summed E-state index contributed by atoms with van der Waals surface area (Å²) in [6.45, 7) is 8.15. The van der Waals surface area contributed by atoms with Crippen LogP contribution in [0, 0.1) is 5.92 Å². The predicted molar refractivity (Wildman–Crippen MR) is 67.1 cm³/mol. The van der Waals surface area contributed by atoms with Gasteiger partial charge < -0.3 is 14.8 Å². The molecule has 0 amide bonds. The molecule has 0 heterocycles. The Hall–Kier alpha value is -1.64. The lowest BCUT2D eigenvalue weighted by atomic mass is 10.1. The van der Waals surface area contributed by atoms with E-state index >= 15 is 0 Å². The second kappa shape index (κ2) is 5.45. The molecule has 1 aromatic carbocycles. The van der Waals surface area contributed by atoms with Crippen LogP contribution in [0.4, 0.5) is 5.69 Å². The Labute approximate surface area is 97.1 Å². The number of hydrogen-bond donors (Lipinski definition) is 1. The standard InChI is InChI=1S/C13H19NO2/c1-9(2)10(3)14-12-7-6-11(15-4)8-13(12)16-5/h6-9,14H,3H2,1-2,4-5H3. The zero-order valence-corrected chi connectivity index (χ0v) is 10.3. The number of allylic oxidation sites excluding steroid dienone is 1. The molecule has 0 atom stereocenters. The SMILES string of the molecule is C=C(Nc1ccc(OC)cc1OC)C(C)C. The van der Waals surface area contributed by atoms with Gasteiger partial charge in [-0.25, -0.2) is 0 Å². The average molecular weight is 221 g/mol. The van der Waals surface area contributed by atoms with Crippen LogP contribution in [0.15, 0.2) is 30.5 Å². The highest BCUT2D eigenvalue weighted by Crippen LogP contribution is 2.30. The molecule has 88 valence electrons. The fourth-order valence-corrected chi connectivity index (χ4v) is 1.22. The van der Waals surface area contributed by atoms with Gasteiger partial charge in [0.05, 0.1) is 19.9 Å². The number of methoxy groups -OCH3 is 2. The van der Waals surface area contributed by atoms with Gasteiger partial charge in [-0.15, -0.1) is 0 Å². The van der Waals surface area contributed by atoms with Gasteiger partial charge in [0, 0.05) is 11.8 Å². The first-order valence-corrected chi connectivity index (χ1v) is 5.26. The Balaban J connectivity index is 2.91. The third-order valence-corrected chi connectivity index (χ3v) is 2.40. The van der Waals surface area contributed by atoms with Gasteiger partial charge in [0.25, 0.3) is 0 Å². The van der Waals surface area contributed by atoms with Gasteiger partial charge in [-0.1, -0.05) is 20.4 Å². The summed E-state index contributed by atoms with van der Waals surface area (Å²) >= 11 is 0. The zero-order valence-electron chi connectivity index (χ0n) is 10.3. The zero-order chi connectivity index (χ0) is 12.1. The van der Waals surface area contributed by atoms with E-state index in [1.165, 1.54) is 0 Å². The molecule has 0 aliphatic heterocycles. The van der Waals surface area contributed by atoms with E-state index in [1.807, 2.05) is 18.2 Å². The van der Waals surface area contributed by atoms with Crippen LogP contribution in [0.25, 0.3) is 0 Å². The summed E-state index contributed by atoms with van der Waals surface area (Å²) in [5, 5.41) is 3.24. The van der Waals surface area contributed by atoms with Crippen LogP contribution < -0.4 is 14.8 Å². The van der Waals surface area contributed by atoms with Crippen LogP contribution in [0.3, 0.4) is 0 Å². The van der Waals surface area contributed by atoms with Gasteiger partial charge in [-0.2, -0.15) is 0 Å². The highest BCUT2D eigenvalue weighted by molar-refractivity contribution is 5.61. The molecule has 0 spiro atoms. The van der Waals surface area contributed by atoms with Crippen molar-refractivity contribution in [1.82, 2.24) is 0 Å². The van der Waals surface area contributed by atoms with Crippen LogP contribution >= 0.6 is 0 Å². The quantitative estimate of drug-likeness (QED) is 0.827. The fraction of sp³-hybridized carbons (Fsp3) is 0.385. The number of benzene rings is 1. The molecule has 0 fully saturated rings. The van der Waals surface area contributed by atoms with E-state index < -0.39 is 0 Å². The van der Waals surface area contributed by atoms with E-state index in [-0.39, 0.29) is 0 Å². The first-order valence-electron chi connectivity index (χ1n) is 5.26. The van der Waals surface area contributed by atoms with Crippen LogP contribution in [-0.4, -0.2) is 14.2 Å². The number of rotatable bonds is 5. The molecule has 3 nitrogen and oxygen atoms in total. The highest BCUT2D eigenvalue weighted by Gasteiger charge is 2.07. The molecule has 0 saturated carbocycles. The molecule has 0 aliphatic carbocycles. The van der Waals surface area contributed by atoms with Crippen LogP contribution in [0.2, 0.25) is 0 Å². The largest absolute Gasteiger partial charge is 0.497 e. The molecule has 1 N–H and O–H groups in total. The molecular formula is C13H19NO2. The van der Waals surface area contributed by atoms with Crippen molar-refractivity contribution >= 4 is 5.69 Å². The van der Waals surface area contributed by atoms with E-state index in [4.69, 9.17) is 9.47 Å². The predicted octanol–water partition coefficient (Wildman–Crippen LogP) is 3.29. The minimum Gasteiger partial charge on any atom is -0.497 e. The molecule has 0 bridgehead atoms. The summed E-state index contributed by atoms with van der Waals surface area (Å²) in [4.78, 5) is 0. The van der Waals surface area contributed by atoms with Crippen molar-refractivity contribution in [3.8, 4) is 11.5 Å². The van der Waals surface area contributed by atoms with Gasteiger partial charge in [0.1, 0.15) is 11.5 Å². The first kappa shape index (κ1) is 12.4. The molecule has 0 saturated heterocycles. The van der Waals surface area contributed by atoms with E-state index in [0.29, 0.717) is 5.92 Å². The Morgan fingerprint density at radius 1 is 1.25 bits per heavy atom. The van der Waals surface area contributed by atoms with Crippen molar-refractivity contribution in [1.29, 1.82) is 0 Å². The topological polar surface area (TPSA) is 30.5 Å². The highest BCUT2D eigenvalue weighted by atomic mass is 16.5.